The van der Waals surface area contributed by atoms with Crippen LogP contribution in [-0.4, -0.2) is 73.4 Å². The number of urea groups is 1. The molecule has 1 aliphatic heterocycles. The highest BCUT2D eigenvalue weighted by Gasteiger charge is 2.53. The fourth-order valence-corrected chi connectivity index (χ4v) is 3.23. The molecule has 9 heteroatoms. The zero-order chi connectivity index (χ0) is 18.8. The smallest absolute Gasteiger partial charge is 0.344 e. The summed E-state index contributed by atoms with van der Waals surface area (Å²) in [6.07, 6.45) is 2.92. The summed E-state index contributed by atoms with van der Waals surface area (Å²) in [5, 5.41) is 3.54. The van der Waals surface area contributed by atoms with Gasteiger partial charge in [-0.1, -0.05) is 6.92 Å². The lowest BCUT2D eigenvalue weighted by atomic mass is 9.77. The fourth-order valence-electron chi connectivity index (χ4n) is 3.23. The van der Waals surface area contributed by atoms with Crippen LogP contribution in [0.1, 0.15) is 32.6 Å². The molecule has 140 valence electrons. The summed E-state index contributed by atoms with van der Waals surface area (Å²) in [4.78, 5) is 50.7. The second-order valence-electron chi connectivity index (χ2n) is 7.47. The van der Waals surface area contributed by atoms with E-state index in [1.165, 1.54) is 4.90 Å². The minimum absolute atomic E-state index is 0.0132. The van der Waals surface area contributed by atoms with Gasteiger partial charge >= 0.3 is 6.03 Å². The van der Waals surface area contributed by atoms with Gasteiger partial charge in [-0.05, 0) is 31.6 Å². The van der Waals surface area contributed by atoms with Crippen LogP contribution in [-0.2, 0) is 14.4 Å². The second-order valence-corrected chi connectivity index (χ2v) is 7.47. The Balaban J connectivity index is 1.91. The van der Waals surface area contributed by atoms with Gasteiger partial charge in [0.1, 0.15) is 5.54 Å². The van der Waals surface area contributed by atoms with Crippen molar-refractivity contribution in [2.75, 3.05) is 34.2 Å². The van der Waals surface area contributed by atoms with Crippen LogP contribution in [0.4, 0.5) is 4.79 Å². The predicted molar refractivity (Wildman–Crippen MR) is 89.2 cm³/mol. The van der Waals surface area contributed by atoms with Crippen molar-refractivity contribution in [3.8, 4) is 0 Å². The Labute approximate surface area is 147 Å². The number of carbonyl (C=O) groups excluding carboxylic acids is 4. The molecule has 1 atom stereocenters. The Morgan fingerprint density at radius 2 is 1.88 bits per heavy atom. The second kappa shape index (κ2) is 7.38. The van der Waals surface area contributed by atoms with Crippen molar-refractivity contribution in [3.05, 3.63) is 0 Å². The van der Waals surface area contributed by atoms with Crippen LogP contribution in [0, 0.1) is 5.92 Å². The van der Waals surface area contributed by atoms with Crippen LogP contribution in [0.5, 0.6) is 0 Å². The van der Waals surface area contributed by atoms with E-state index in [4.69, 9.17) is 0 Å². The summed E-state index contributed by atoms with van der Waals surface area (Å²) >= 11 is 0. The number of amides is 5. The highest BCUT2D eigenvalue weighted by Crippen LogP contribution is 2.35. The third kappa shape index (κ3) is 4.28. The average Bonchev–Trinajstić information content (AvgIpc) is 2.74. The third-order valence-electron chi connectivity index (χ3n) is 4.94. The Morgan fingerprint density at radius 1 is 1.28 bits per heavy atom. The molecule has 0 aromatic heterocycles. The van der Waals surface area contributed by atoms with Crippen molar-refractivity contribution in [2.45, 2.75) is 38.1 Å². The van der Waals surface area contributed by atoms with Gasteiger partial charge in [0.05, 0.1) is 7.05 Å². The van der Waals surface area contributed by atoms with Gasteiger partial charge in [0, 0.05) is 14.1 Å². The number of hydrazine groups is 1. The maximum Gasteiger partial charge on any atom is 0.344 e. The number of nitrogens with zero attached hydrogens (tertiary/aromatic N) is 2. The standard InChI is InChI=1S/C16H27N5O4/c1-11-5-7-16(8-6-11)14(24)21(15(25)17-16)18-12(22)9-20(4)10-13(23)19(2)3/h11H,5-10H2,1-4H3,(H,17,25)(H,18,22)/p+1. The number of likely N-dealkylation sites (N-methyl/N-ethyl adjacent to an activating group) is 2. The van der Waals surface area contributed by atoms with Crippen molar-refractivity contribution in [2.24, 2.45) is 5.92 Å². The first-order valence-electron chi connectivity index (χ1n) is 8.62. The summed E-state index contributed by atoms with van der Waals surface area (Å²) < 4.78 is 0. The summed E-state index contributed by atoms with van der Waals surface area (Å²) in [5.74, 6) is -0.436. The predicted octanol–water partition coefficient (Wildman–Crippen LogP) is -1.88. The Hall–Kier alpha value is -2.16. The maximum absolute atomic E-state index is 12.6. The van der Waals surface area contributed by atoms with Crippen molar-refractivity contribution in [1.29, 1.82) is 0 Å². The van der Waals surface area contributed by atoms with Crippen LogP contribution in [0.15, 0.2) is 0 Å². The monoisotopic (exact) mass is 354 g/mol. The summed E-state index contributed by atoms with van der Waals surface area (Å²) in [5.41, 5.74) is 1.50. The minimum atomic E-state index is -0.878. The van der Waals surface area contributed by atoms with Gasteiger partial charge in [0.2, 0.25) is 0 Å². The molecule has 5 amide bonds. The molecular formula is C16H28N5O4+. The van der Waals surface area contributed by atoms with Crippen LogP contribution >= 0.6 is 0 Å². The van der Waals surface area contributed by atoms with Gasteiger partial charge in [-0.2, -0.15) is 5.01 Å². The molecule has 2 fully saturated rings. The van der Waals surface area contributed by atoms with Crippen molar-refractivity contribution < 1.29 is 24.1 Å². The van der Waals surface area contributed by atoms with Crippen LogP contribution < -0.4 is 15.6 Å². The molecule has 1 saturated heterocycles. The first-order chi connectivity index (χ1) is 11.6. The molecule has 25 heavy (non-hydrogen) atoms. The van der Waals surface area contributed by atoms with Gasteiger partial charge in [-0.3, -0.25) is 19.8 Å². The molecule has 1 saturated carbocycles. The molecule has 9 nitrogen and oxygen atoms in total. The molecule has 2 aliphatic rings. The van der Waals surface area contributed by atoms with E-state index in [1.54, 1.807) is 21.1 Å². The van der Waals surface area contributed by atoms with E-state index in [2.05, 4.69) is 17.7 Å². The highest BCUT2D eigenvalue weighted by molar-refractivity contribution is 6.08. The normalized spacial score (nSPS) is 27.2. The van der Waals surface area contributed by atoms with Gasteiger partial charge < -0.3 is 15.1 Å². The molecule has 1 heterocycles. The number of nitrogens with one attached hydrogen (secondary N) is 3. The first-order valence-corrected chi connectivity index (χ1v) is 8.62. The first kappa shape index (κ1) is 19.2. The number of carbonyl (C=O) groups is 4. The van der Waals surface area contributed by atoms with Gasteiger partial charge in [-0.25, -0.2) is 4.79 Å². The number of hydrogen-bond donors (Lipinski definition) is 3. The zero-order valence-corrected chi connectivity index (χ0v) is 15.3. The summed E-state index contributed by atoms with van der Waals surface area (Å²) in [6.45, 7) is 2.27. The van der Waals surface area contributed by atoms with Crippen LogP contribution in [0.3, 0.4) is 0 Å². The number of imide groups is 1. The SMILES string of the molecule is CC1CCC2(CC1)NC(=O)N(NC(=O)C[NH+](C)CC(=O)N(C)C)C2=O. The number of quaternary nitrogens is 1. The van der Waals surface area contributed by atoms with Gasteiger partial charge in [0.15, 0.2) is 13.1 Å². The Morgan fingerprint density at radius 3 is 2.44 bits per heavy atom. The lowest BCUT2D eigenvalue weighted by Crippen LogP contribution is -3.11. The van der Waals surface area contributed by atoms with Crippen molar-refractivity contribution >= 4 is 23.8 Å². The topological polar surface area (TPSA) is 103 Å². The van der Waals surface area contributed by atoms with E-state index in [-0.39, 0.29) is 24.9 Å². The van der Waals surface area contributed by atoms with Crippen LogP contribution in [0.25, 0.3) is 0 Å². The van der Waals surface area contributed by atoms with Crippen molar-refractivity contribution in [3.63, 3.8) is 0 Å². The quantitative estimate of drug-likeness (QED) is 0.503. The van der Waals surface area contributed by atoms with E-state index in [1.807, 2.05) is 0 Å². The van der Waals surface area contributed by atoms with E-state index < -0.39 is 17.5 Å². The van der Waals surface area contributed by atoms with E-state index in [9.17, 15) is 19.2 Å². The molecule has 0 radical (unpaired) electrons. The Kier molecular flexibility index (Phi) is 5.66. The van der Waals surface area contributed by atoms with E-state index in [0.29, 0.717) is 23.7 Å². The fraction of sp³-hybridized carbons (Fsp3) is 0.750. The minimum Gasteiger partial charge on any atom is -0.344 e. The average molecular weight is 354 g/mol. The molecule has 1 spiro atoms. The molecule has 0 aromatic rings. The van der Waals surface area contributed by atoms with Gasteiger partial charge in [0.25, 0.3) is 17.7 Å². The van der Waals surface area contributed by atoms with Crippen LogP contribution in [0.2, 0.25) is 0 Å². The number of hydrogen-bond acceptors (Lipinski definition) is 4. The van der Waals surface area contributed by atoms with Gasteiger partial charge in [-0.15, -0.1) is 0 Å². The summed E-state index contributed by atoms with van der Waals surface area (Å²) in [7, 11) is 5.00. The third-order valence-corrected chi connectivity index (χ3v) is 4.94. The molecule has 3 N–H and O–H groups in total. The highest BCUT2D eigenvalue weighted by atomic mass is 16.2. The molecule has 1 unspecified atom stereocenters. The number of rotatable bonds is 5. The molecule has 2 rings (SSSR count). The maximum atomic E-state index is 12.6. The molecule has 0 bridgehead atoms. The zero-order valence-electron chi connectivity index (χ0n) is 15.3. The molecule has 1 aliphatic carbocycles. The molecular weight excluding hydrogens is 326 g/mol. The largest absolute Gasteiger partial charge is 0.344 e. The van der Waals surface area contributed by atoms with Crippen molar-refractivity contribution in [1.82, 2.24) is 20.7 Å². The molecule has 0 aromatic carbocycles. The Bertz CT molecular complexity index is 569. The lowest BCUT2D eigenvalue weighted by Gasteiger charge is -2.33. The van der Waals surface area contributed by atoms with E-state index >= 15 is 0 Å². The summed E-state index contributed by atoms with van der Waals surface area (Å²) in [6, 6.07) is -0.588. The van der Waals surface area contributed by atoms with E-state index in [0.717, 1.165) is 17.9 Å². The lowest BCUT2D eigenvalue weighted by molar-refractivity contribution is -0.863.